The Balaban J connectivity index is 1.45. The van der Waals surface area contributed by atoms with E-state index in [1.165, 1.54) is 11.3 Å². The number of halogens is 1. The molecule has 6 nitrogen and oxygen atoms in total. The summed E-state index contributed by atoms with van der Waals surface area (Å²) < 4.78 is 28.5. The molecule has 9 heteroatoms. The average Bonchev–Trinajstić information content (AvgIpc) is 3.15. The largest absolute Gasteiger partial charge is 0.304 e. The van der Waals surface area contributed by atoms with Crippen LogP contribution in [-0.4, -0.2) is 69.5 Å². The van der Waals surface area contributed by atoms with E-state index < -0.39 is 10.0 Å². The maximum absolute atomic E-state index is 12.4. The van der Waals surface area contributed by atoms with Crippen molar-refractivity contribution in [1.29, 1.82) is 0 Å². The van der Waals surface area contributed by atoms with E-state index in [0.717, 1.165) is 55.6 Å². The third-order valence-electron chi connectivity index (χ3n) is 4.64. The van der Waals surface area contributed by atoms with Crippen LogP contribution in [0.15, 0.2) is 39.1 Å². The Kier molecular flexibility index (Phi) is 7.41. The van der Waals surface area contributed by atoms with E-state index in [1.807, 2.05) is 24.3 Å². The second kappa shape index (κ2) is 9.58. The lowest BCUT2D eigenvalue weighted by molar-refractivity contribution is 0.152. The standard InChI is InChI=1S/C18H25BrN4O2S2/c1-22-10-12-23(13-11-22)9-3-2-8-20-27(24,25)17-14-26-18(21-17)15-4-6-16(19)7-5-15/h4-7,14,20H,2-3,8-13H2,1H3. The zero-order valence-corrected chi connectivity index (χ0v) is 18.6. The van der Waals surface area contributed by atoms with Crippen molar-refractivity contribution < 1.29 is 8.42 Å². The van der Waals surface area contributed by atoms with Gasteiger partial charge in [-0.3, -0.25) is 0 Å². The van der Waals surface area contributed by atoms with Gasteiger partial charge in [-0.2, -0.15) is 0 Å². The van der Waals surface area contributed by atoms with Crippen molar-refractivity contribution in [1.82, 2.24) is 19.5 Å². The third-order valence-corrected chi connectivity index (χ3v) is 7.55. The number of likely N-dealkylation sites (N-methyl/N-ethyl adjacent to an activating group) is 1. The molecule has 1 fully saturated rings. The van der Waals surface area contributed by atoms with Crippen LogP contribution in [0.1, 0.15) is 12.8 Å². The quantitative estimate of drug-likeness (QED) is 0.598. The average molecular weight is 473 g/mol. The number of rotatable bonds is 8. The lowest BCUT2D eigenvalue weighted by atomic mass is 10.2. The van der Waals surface area contributed by atoms with E-state index in [4.69, 9.17) is 0 Å². The van der Waals surface area contributed by atoms with Crippen molar-refractivity contribution in [3.63, 3.8) is 0 Å². The fourth-order valence-electron chi connectivity index (χ4n) is 2.92. The van der Waals surface area contributed by atoms with Gasteiger partial charge in [0.05, 0.1) is 0 Å². The maximum Gasteiger partial charge on any atom is 0.258 e. The molecule has 148 valence electrons. The molecule has 0 bridgehead atoms. The smallest absolute Gasteiger partial charge is 0.258 e. The highest BCUT2D eigenvalue weighted by molar-refractivity contribution is 9.10. The summed E-state index contributed by atoms with van der Waals surface area (Å²) in [5, 5.41) is 2.41. The first-order chi connectivity index (χ1) is 12.9. The number of hydrogen-bond acceptors (Lipinski definition) is 6. The fraction of sp³-hybridized carbons (Fsp3) is 0.500. The molecule has 1 saturated heterocycles. The Bertz CT molecular complexity index is 831. The van der Waals surface area contributed by atoms with Gasteiger partial charge in [-0.05, 0) is 38.6 Å². The van der Waals surface area contributed by atoms with Gasteiger partial charge in [-0.15, -0.1) is 11.3 Å². The van der Waals surface area contributed by atoms with Gasteiger partial charge < -0.3 is 9.80 Å². The van der Waals surface area contributed by atoms with Gasteiger partial charge in [-0.1, -0.05) is 28.1 Å². The molecule has 0 unspecified atom stereocenters. The second-order valence-electron chi connectivity index (χ2n) is 6.75. The maximum atomic E-state index is 12.4. The SMILES string of the molecule is CN1CCN(CCCCNS(=O)(=O)c2csc(-c3ccc(Br)cc3)n2)CC1. The molecule has 3 rings (SSSR count). The van der Waals surface area contributed by atoms with Crippen LogP contribution in [0.3, 0.4) is 0 Å². The monoisotopic (exact) mass is 472 g/mol. The summed E-state index contributed by atoms with van der Waals surface area (Å²) in [7, 11) is -1.40. The molecule has 2 aromatic rings. The molecule has 0 radical (unpaired) electrons. The Labute approximate surface area is 173 Å². The molecule has 0 atom stereocenters. The highest BCUT2D eigenvalue weighted by Gasteiger charge is 2.18. The molecule has 0 aliphatic carbocycles. The number of benzene rings is 1. The molecule has 27 heavy (non-hydrogen) atoms. The molecular formula is C18H25BrN4O2S2. The minimum atomic E-state index is -3.55. The number of hydrogen-bond donors (Lipinski definition) is 1. The van der Waals surface area contributed by atoms with Gasteiger partial charge in [-0.25, -0.2) is 18.1 Å². The van der Waals surface area contributed by atoms with Crippen LogP contribution in [0, 0.1) is 0 Å². The van der Waals surface area contributed by atoms with E-state index in [0.29, 0.717) is 11.6 Å². The Morgan fingerprint density at radius 1 is 1.15 bits per heavy atom. The van der Waals surface area contributed by atoms with Crippen molar-refractivity contribution in [3.8, 4) is 10.6 Å². The van der Waals surface area contributed by atoms with E-state index in [-0.39, 0.29) is 5.03 Å². The first-order valence-electron chi connectivity index (χ1n) is 9.06. The molecule has 0 spiro atoms. The van der Waals surface area contributed by atoms with E-state index in [1.54, 1.807) is 5.38 Å². The molecule has 0 saturated carbocycles. The van der Waals surface area contributed by atoms with Gasteiger partial charge in [0.2, 0.25) is 0 Å². The predicted molar refractivity (Wildman–Crippen MR) is 114 cm³/mol. The minimum absolute atomic E-state index is 0.101. The summed E-state index contributed by atoms with van der Waals surface area (Å²) in [5.41, 5.74) is 0.914. The highest BCUT2D eigenvalue weighted by atomic mass is 79.9. The molecule has 1 aromatic carbocycles. The number of nitrogens with zero attached hydrogens (tertiary/aromatic N) is 3. The Morgan fingerprint density at radius 2 is 1.85 bits per heavy atom. The fourth-order valence-corrected chi connectivity index (χ4v) is 5.35. The van der Waals surface area contributed by atoms with E-state index in [2.05, 4.69) is 42.5 Å². The van der Waals surface area contributed by atoms with Gasteiger partial charge in [0, 0.05) is 48.1 Å². The van der Waals surface area contributed by atoms with Crippen LogP contribution in [-0.2, 0) is 10.0 Å². The number of aromatic nitrogens is 1. The highest BCUT2D eigenvalue weighted by Crippen LogP contribution is 2.26. The van der Waals surface area contributed by atoms with Crippen LogP contribution in [0.4, 0.5) is 0 Å². The first kappa shape index (κ1) is 20.9. The van der Waals surface area contributed by atoms with Crippen molar-refractivity contribution in [2.75, 3.05) is 46.3 Å². The number of nitrogens with one attached hydrogen (secondary N) is 1. The van der Waals surface area contributed by atoms with Crippen LogP contribution in [0.2, 0.25) is 0 Å². The Morgan fingerprint density at radius 3 is 2.56 bits per heavy atom. The van der Waals surface area contributed by atoms with Crippen molar-refractivity contribution >= 4 is 37.3 Å². The van der Waals surface area contributed by atoms with Gasteiger partial charge in [0.25, 0.3) is 10.0 Å². The van der Waals surface area contributed by atoms with E-state index >= 15 is 0 Å². The number of sulfonamides is 1. The van der Waals surface area contributed by atoms with Crippen LogP contribution < -0.4 is 4.72 Å². The predicted octanol–water partition coefficient (Wildman–Crippen LogP) is 2.88. The lowest BCUT2D eigenvalue weighted by Crippen LogP contribution is -2.44. The van der Waals surface area contributed by atoms with E-state index in [9.17, 15) is 8.42 Å². The normalized spacial score (nSPS) is 16.7. The molecule has 1 aliphatic heterocycles. The second-order valence-corrected chi connectivity index (χ2v) is 10.2. The molecule has 1 aromatic heterocycles. The number of piperazine rings is 1. The summed E-state index contributed by atoms with van der Waals surface area (Å²) in [6, 6.07) is 7.68. The first-order valence-corrected chi connectivity index (χ1v) is 12.2. The van der Waals surface area contributed by atoms with Crippen LogP contribution in [0.25, 0.3) is 10.6 Å². The minimum Gasteiger partial charge on any atom is -0.304 e. The molecule has 2 heterocycles. The van der Waals surface area contributed by atoms with Crippen molar-refractivity contribution in [2.45, 2.75) is 17.9 Å². The third kappa shape index (κ3) is 6.07. The summed E-state index contributed by atoms with van der Waals surface area (Å²) in [5.74, 6) is 0. The van der Waals surface area contributed by atoms with Crippen LogP contribution >= 0.6 is 27.3 Å². The molecule has 1 aliphatic rings. The van der Waals surface area contributed by atoms with Gasteiger partial charge in [0.15, 0.2) is 5.03 Å². The van der Waals surface area contributed by atoms with Crippen LogP contribution in [0.5, 0.6) is 0 Å². The van der Waals surface area contributed by atoms with Gasteiger partial charge >= 0.3 is 0 Å². The Hall–Kier alpha value is -0.840. The zero-order chi connectivity index (χ0) is 19.3. The number of thiazole rings is 1. The van der Waals surface area contributed by atoms with Crippen molar-refractivity contribution in [2.24, 2.45) is 0 Å². The molecule has 0 amide bonds. The van der Waals surface area contributed by atoms with Crippen molar-refractivity contribution in [3.05, 3.63) is 34.1 Å². The molecular weight excluding hydrogens is 448 g/mol. The summed E-state index contributed by atoms with van der Waals surface area (Å²) in [4.78, 5) is 9.08. The topological polar surface area (TPSA) is 65.5 Å². The lowest BCUT2D eigenvalue weighted by Gasteiger charge is -2.32. The summed E-state index contributed by atoms with van der Waals surface area (Å²) >= 11 is 4.74. The summed E-state index contributed by atoms with van der Waals surface area (Å²) in [6.07, 6.45) is 1.82. The molecule has 1 N–H and O–H groups in total. The number of unbranched alkanes of at least 4 members (excludes halogenated alkanes) is 1. The van der Waals surface area contributed by atoms with Gasteiger partial charge in [0.1, 0.15) is 5.01 Å². The zero-order valence-electron chi connectivity index (χ0n) is 15.4. The summed E-state index contributed by atoms with van der Waals surface area (Å²) in [6.45, 7) is 5.88.